The van der Waals surface area contributed by atoms with Crippen LogP contribution in [0, 0.1) is 13.8 Å². The number of nitrogens with zero attached hydrogens (tertiary/aromatic N) is 1. The van der Waals surface area contributed by atoms with Gasteiger partial charge < -0.3 is 14.4 Å². The summed E-state index contributed by atoms with van der Waals surface area (Å²) >= 11 is 0. The van der Waals surface area contributed by atoms with Crippen molar-refractivity contribution in [2.75, 3.05) is 6.61 Å². The van der Waals surface area contributed by atoms with Gasteiger partial charge in [0, 0.05) is 23.0 Å². The minimum absolute atomic E-state index is 0.0789. The lowest BCUT2D eigenvalue weighted by Gasteiger charge is -2.08. The summed E-state index contributed by atoms with van der Waals surface area (Å²) in [5.74, 6) is -0.723. The highest BCUT2D eigenvalue weighted by molar-refractivity contribution is 6.00. The van der Waals surface area contributed by atoms with E-state index in [1.54, 1.807) is 24.3 Å². The number of aliphatic hydroxyl groups excluding tert-OH is 1. The van der Waals surface area contributed by atoms with Gasteiger partial charge in [-0.1, -0.05) is 12.1 Å². The first-order valence-electron chi connectivity index (χ1n) is 8.10. The molecule has 0 amide bonds. The Labute approximate surface area is 140 Å². The number of ketones is 1. The van der Waals surface area contributed by atoms with Crippen LogP contribution in [0.25, 0.3) is 0 Å². The summed E-state index contributed by atoms with van der Waals surface area (Å²) in [6.07, 6.45) is 2.31. The number of aliphatic hydroxyl groups is 1. The maximum atomic E-state index is 12.4. The molecule has 0 atom stereocenters. The second-order valence-corrected chi connectivity index (χ2v) is 6.24. The van der Waals surface area contributed by atoms with Crippen molar-refractivity contribution in [3.8, 4) is 0 Å². The van der Waals surface area contributed by atoms with E-state index in [4.69, 9.17) is 9.84 Å². The van der Waals surface area contributed by atoms with Crippen molar-refractivity contribution in [1.82, 2.24) is 4.57 Å². The maximum Gasteiger partial charge on any atom is 0.338 e. The fraction of sp³-hybridized carbons (Fsp3) is 0.368. The second kappa shape index (κ2) is 6.61. The first-order chi connectivity index (χ1) is 11.5. The highest BCUT2D eigenvalue weighted by atomic mass is 16.5. The second-order valence-electron chi connectivity index (χ2n) is 6.24. The molecule has 2 aromatic rings. The summed E-state index contributed by atoms with van der Waals surface area (Å²) in [6, 6.07) is 8.86. The van der Waals surface area contributed by atoms with E-state index in [1.807, 2.05) is 19.9 Å². The summed E-state index contributed by atoms with van der Waals surface area (Å²) in [6.45, 7) is 3.59. The SMILES string of the molecule is Cc1cc(C(=O)COC(=O)c2ccc(CO)cc2)c(C)n1C1CC1. The van der Waals surface area contributed by atoms with Crippen LogP contribution in [-0.4, -0.2) is 28.0 Å². The molecule has 0 spiro atoms. The average molecular weight is 327 g/mol. The number of esters is 1. The Bertz CT molecular complexity index is 769. The Morgan fingerprint density at radius 2 is 1.88 bits per heavy atom. The molecule has 126 valence electrons. The van der Waals surface area contributed by atoms with Crippen molar-refractivity contribution < 1.29 is 19.4 Å². The highest BCUT2D eigenvalue weighted by Crippen LogP contribution is 2.38. The van der Waals surface area contributed by atoms with E-state index in [2.05, 4.69) is 4.57 Å². The summed E-state index contributed by atoms with van der Waals surface area (Å²) in [4.78, 5) is 24.4. The third kappa shape index (κ3) is 3.26. The zero-order valence-electron chi connectivity index (χ0n) is 13.9. The normalized spacial score (nSPS) is 13.8. The fourth-order valence-corrected chi connectivity index (χ4v) is 2.99. The predicted molar refractivity (Wildman–Crippen MR) is 89.2 cm³/mol. The smallest absolute Gasteiger partial charge is 0.338 e. The molecule has 5 nitrogen and oxygen atoms in total. The van der Waals surface area contributed by atoms with Crippen LogP contribution in [0.15, 0.2) is 30.3 Å². The molecule has 0 saturated heterocycles. The van der Waals surface area contributed by atoms with Gasteiger partial charge in [-0.3, -0.25) is 4.79 Å². The third-order valence-electron chi connectivity index (χ3n) is 4.40. The third-order valence-corrected chi connectivity index (χ3v) is 4.40. The molecule has 3 rings (SSSR count). The molecule has 1 N–H and O–H groups in total. The van der Waals surface area contributed by atoms with Gasteiger partial charge >= 0.3 is 5.97 Å². The van der Waals surface area contributed by atoms with Gasteiger partial charge in [-0.05, 0) is 50.5 Å². The van der Waals surface area contributed by atoms with Crippen LogP contribution >= 0.6 is 0 Å². The first kappa shape index (κ1) is 16.5. The molecule has 0 radical (unpaired) electrons. The molecular formula is C19H21NO4. The number of carbonyl (C=O) groups excluding carboxylic acids is 2. The highest BCUT2D eigenvalue weighted by Gasteiger charge is 2.28. The van der Waals surface area contributed by atoms with Crippen LogP contribution in [-0.2, 0) is 11.3 Å². The van der Waals surface area contributed by atoms with Crippen molar-refractivity contribution in [2.45, 2.75) is 39.3 Å². The van der Waals surface area contributed by atoms with Crippen molar-refractivity contribution >= 4 is 11.8 Å². The molecule has 1 aliphatic rings. The Hall–Kier alpha value is -2.40. The van der Waals surface area contributed by atoms with Crippen LogP contribution in [0.4, 0.5) is 0 Å². The fourth-order valence-electron chi connectivity index (χ4n) is 2.99. The van der Waals surface area contributed by atoms with Gasteiger partial charge in [-0.25, -0.2) is 4.79 Å². The topological polar surface area (TPSA) is 68.5 Å². The number of ether oxygens (including phenoxy) is 1. The van der Waals surface area contributed by atoms with Gasteiger partial charge in [-0.2, -0.15) is 0 Å². The van der Waals surface area contributed by atoms with E-state index >= 15 is 0 Å². The Balaban J connectivity index is 1.64. The van der Waals surface area contributed by atoms with Crippen LogP contribution in [0.5, 0.6) is 0 Å². The molecule has 1 fully saturated rings. The molecule has 1 aromatic heterocycles. The Kier molecular flexibility index (Phi) is 4.53. The monoisotopic (exact) mass is 327 g/mol. The zero-order valence-corrected chi connectivity index (χ0v) is 13.9. The average Bonchev–Trinajstić information content (AvgIpc) is 3.37. The Morgan fingerprint density at radius 3 is 2.46 bits per heavy atom. The number of aromatic nitrogens is 1. The first-order valence-corrected chi connectivity index (χ1v) is 8.10. The number of hydrogen-bond donors (Lipinski definition) is 1. The standard InChI is InChI=1S/C19H21NO4/c1-12-9-17(13(2)20(12)16-7-8-16)18(22)11-24-19(23)15-5-3-14(10-21)4-6-15/h3-6,9,16,21H,7-8,10-11H2,1-2H3. The molecule has 1 aliphatic carbocycles. The van der Waals surface area contributed by atoms with Crippen LogP contribution in [0.2, 0.25) is 0 Å². The minimum Gasteiger partial charge on any atom is -0.454 e. The summed E-state index contributed by atoms with van der Waals surface area (Å²) < 4.78 is 7.33. The summed E-state index contributed by atoms with van der Waals surface area (Å²) in [7, 11) is 0. The number of rotatable bonds is 6. The number of carbonyl (C=O) groups is 2. The van der Waals surface area contributed by atoms with Crippen molar-refractivity contribution in [2.24, 2.45) is 0 Å². The molecule has 0 unspecified atom stereocenters. The quantitative estimate of drug-likeness (QED) is 0.654. The molecule has 0 bridgehead atoms. The van der Waals surface area contributed by atoms with Crippen molar-refractivity contribution in [3.05, 3.63) is 58.4 Å². The lowest BCUT2D eigenvalue weighted by atomic mass is 10.1. The van der Waals surface area contributed by atoms with E-state index in [1.165, 1.54) is 0 Å². The van der Waals surface area contributed by atoms with Gasteiger partial charge in [0.25, 0.3) is 0 Å². The van der Waals surface area contributed by atoms with E-state index in [0.717, 1.165) is 29.8 Å². The molecule has 1 aromatic carbocycles. The van der Waals surface area contributed by atoms with Gasteiger partial charge in [0.15, 0.2) is 6.61 Å². The molecular weight excluding hydrogens is 306 g/mol. The van der Waals surface area contributed by atoms with E-state index in [-0.39, 0.29) is 19.0 Å². The van der Waals surface area contributed by atoms with E-state index < -0.39 is 5.97 Å². The van der Waals surface area contributed by atoms with Crippen LogP contribution in [0.3, 0.4) is 0 Å². The largest absolute Gasteiger partial charge is 0.454 e. The van der Waals surface area contributed by atoms with Gasteiger partial charge in [0.05, 0.1) is 12.2 Å². The molecule has 5 heteroatoms. The van der Waals surface area contributed by atoms with E-state index in [9.17, 15) is 9.59 Å². The van der Waals surface area contributed by atoms with Gasteiger partial charge in [0.1, 0.15) is 0 Å². The molecule has 24 heavy (non-hydrogen) atoms. The lowest BCUT2D eigenvalue weighted by molar-refractivity contribution is 0.0474. The lowest BCUT2D eigenvalue weighted by Crippen LogP contribution is -2.15. The maximum absolute atomic E-state index is 12.4. The number of benzene rings is 1. The van der Waals surface area contributed by atoms with Crippen LogP contribution in [0.1, 0.15) is 56.6 Å². The number of Topliss-reactive ketones (excluding diaryl/α,β-unsaturated/α-hetero) is 1. The predicted octanol–water partition coefficient (Wildman–Crippen LogP) is 2.97. The van der Waals surface area contributed by atoms with Gasteiger partial charge in [0.2, 0.25) is 5.78 Å². The van der Waals surface area contributed by atoms with Crippen LogP contribution < -0.4 is 0 Å². The molecule has 0 aliphatic heterocycles. The zero-order chi connectivity index (χ0) is 17.3. The minimum atomic E-state index is -0.538. The van der Waals surface area contributed by atoms with Crippen molar-refractivity contribution in [1.29, 1.82) is 0 Å². The van der Waals surface area contributed by atoms with Crippen molar-refractivity contribution in [3.63, 3.8) is 0 Å². The van der Waals surface area contributed by atoms with Gasteiger partial charge in [-0.15, -0.1) is 0 Å². The number of hydrogen-bond acceptors (Lipinski definition) is 4. The molecule has 1 saturated carbocycles. The summed E-state index contributed by atoms with van der Waals surface area (Å²) in [5.41, 5.74) is 3.73. The molecule has 1 heterocycles. The van der Waals surface area contributed by atoms with E-state index in [0.29, 0.717) is 17.2 Å². The summed E-state index contributed by atoms with van der Waals surface area (Å²) in [5, 5.41) is 9.00. The Morgan fingerprint density at radius 1 is 1.21 bits per heavy atom. The number of aryl methyl sites for hydroxylation is 1.